The Morgan fingerprint density at radius 3 is 1.24 bits per heavy atom. The quantitative estimate of drug-likeness (QED) is 0.120. The molecule has 0 unspecified atom stereocenters. The molecule has 0 N–H and O–H groups in total. The Bertz CT molecular complexity index is 4990. The summed E-state index contributed by atoms with van der Waals surface area (Å²) in [6.45, 7) is 0. The minimum absolute atomic E-state index is 0.769. The minimum Gasteiger partial charge on any atom is -0.456 e. The fourth-order valence-electron chi connectivity index (χ4n) is 13.4. The largest absolute Gasteiger partial charge is 0.456 e. The van der Waals surface area contributed by atoms with Gasteiger partial charge in [-0.05, 0) is 177 Å². The Morgan fingerprint density at radius 2 is 0.646 bits per heavy atom. The van der Waals surface area contributed by atoms with Gasteiger partial charge in [-0.1, -0.05) is 217 Å². The van der Waals surface area contributed by atoms with Crippen LogP contribution in [0.15, 0.2) is 277 Å². The number of nitrogens with zero attached hydrogens (tertiary/aromatic N) is 1. The number of aromatic nitrogens is 1. The minimum atomic E-state index is -0.769. The summed E-state index contributed by atoms with van der Waals surface area (Å²) in [5.41, 5.74) is 20.5. The second kappa shape index (κ2) is 17.2. The first-order chi connectivity index (χ1) is 39.1. The van der Waals surface area contributed by atoms with Crippen LogP contribution in [0, 0.1) is 0 Å². The third-order valence-corrected chi connectivity index (χ3v) is 19.1. The van der Waals surface area contributed by atoms with Crippen molar-refractivity contribution in [2.45, 2.75) is 0 Å². The van der Waals surface area contributed by atoms with Gasteiger partial charge in [0.15, 0.2) is 0 Å². The van der Waals surface area contributed by atoms with E-state index in [1.807, 2.05) is 6.07 Å². The number of rotatable bonds is 6. The van der Waals surface area contributed by atoms with Crippen molar-refractivity contribution in [1.82, 2.24) is 4.57 Å². The van der Waals surface area contributed by atoms with Gasteiger partial charge in [0, 0.05) is 27.2 Å². The third kappa shape index (κ3) is 6.96. The van der Waals surface area contributed by atoms with Gasteiger partial charge in [0.05, 0.1) is 20.6 Å². The van der Waals surface area contributed by atoms with Crippen LogP contribution in [0.2, 0.25) is 0 Å². The highest BCUT2D eigenvalue weighted by atomic mass is 28.2. The SMILES string of the molecule is c1ccc2c(c1)cc(-c1ccc(-c3ccc4c(c3)c3cc(-c5ccc(-c6cc7ccccc7c7ccccc67)cc5)ccc3n4-c3ccc4c(c3)[SiH2]c3cc(-c5ccc6oc7ccccc7c6c5)ccc3-4)cc1)c1ccccc12. The molecule has 0 saturated carbocycles. The second-order valence-electron chi connectivity index (χ2n) is 21.5. The Labute approximate surface area is 458 Å². The molecule has 0 amide bonds. The maximum absolute atomic E-state index is 6.19. The average molecular weight is 1020 g/mol. The van der Waals surface area contributed by atoms with Crippen LogP contribution in [0.1, 0.15) is 0 Å². The third-order valence-electron chi connectivity index (χ3n) is 17.2. The first-order valence-corrected chi connectivity index (χ1v) is 28.8. The smallest absolute Gasteiger partial charge is 0.135 e. The lowest BCUT2D eigenvalue weighted by atomic mass is 9.92. The summed E-state index contributed by atoms with van der Waals surface area (Å²) in [6, 6.07) is 102. The number of fused-ring (bicyclic) bond motifs is 15. The van der Waals surface area contributed by atoms with Gasteiger partial charge in [0.25, 0.3) is 0 Å². The van der Waals surface area contributed by atoms with E-state index in [0.717, 1.165) is 21.9 Å². The van der Waals surface area contributed by atoms with E-state index < -0.39 is 9.52 Å². The highest BCUT2D eigenvalue weighted by molar-refractivity contribution is 6.73. The van der Waals surface area contributed by atoms with Gasteiger partial charge < -0.3 is 8.98 Å². The zero-order valence-corrected chi connectivity index (χ0v) is 44.5. The van der Waals surface area contributed by atoms with E-state index >= 15 is 0 Å². The van der Waals surface area contributed by atoms with Crippen molar-refractivity contribution in [1.29, 1.82) is 0 Å². The summed E-state index contributed by atoms with van der Waals surface area (Å²) in [7, 11) is -0.769. The molecule has 16 aromatic rings. The summed E-state index contributed by atoms with van der Waals surface area (Å²) >= 11 is 0. The lowest BCUT2D eigenvalue weighted by Crippen LogP contribution is -2.21. The van der Waals surface area contributed by atoms with E-state index in [1.54, 1.807) is 0 Å². The van der Waals surface area contributed by atoms with Gasteiger partial charge in [-0.15, -0.1) is 0 Å². The van der Waals surface area contributed by atoms with Crippen LogP contribution in [0.5, 0.6) is 0 Å². The average Bonchev–Trinajstić information content (AvgIpc) is 4.29. The van der Waals surface area contributed by atoms with E-state index in [-0.39, 0.29) is 0 Å². The maximum atomic E-state index is 6.19. The van der Waals surface area contributed by atoms with Gasteiger partial charge in [0.2, 0.25) is 0 Å². The predicted octanol–water partition coefficient (Wildman–Crippen LogP) is 18.7. The lowest BCUT2D eigenvalue weighted by Gasteiger charge is -2.12. The molecule has 3 heterocycles. The molecule has 0 bridgehead atoms. The lowest BCUT2D eigenvalue weighted by molar-refractivity contribution is 0.669. The zero-order valence-electron chi connectivity index (χ0n) is 43.0. The molecular weight excluding hydrogens is 971 g/mol. The number of benzene rings is 14. The Kier molecular flexibility index (Phi) is 9.62. The molecule has 0 aliphatic carbocycles. The van der Waals surface area contributed by atoms with E-state index in [0.29, 0.717) is 0 Å². The molecule has 79 heavy (non-hydrogen) atoms. The molecule has 366 valence electrons. The van der Waals surface area contributed by atoms with Crippen LogP contribution >= 0.6 is 0 Å². The van der Waals surface area contributed by atoms with Crippen LogP contribution < -0.4 is 10.4 Å². The summed E-state index contributed by atoms with van der Waals surface area (Å²) < 4.78 is 8.70. The molecule has 17 rings (SSSR count). The van der Waals surface area contributed by atoms with E-state index in [4.69, 9.17) is 4.42 Å². The first kappa shape index (κ1) is 44.1. The summed E-state index contributed by atoms with van der Waals surface area (Å²) in [5.74, 6) is 0. The van der Waals surface area contributed by atoms with E-state index in [1.165, 1.54) is 148 Å². The van der Waals surface area contributed by atoms with Gasteiger partial charge in [-0.25, -0.2) is 0 Å². The zero-order chi connectivity index (χ0) is 51.7. The molecule has 0 spiro atoms. The van der Waals surface area contributed by atoms with E-state index in [2.05, 4.69) is 271 Å². The molecule has 2 aromatic heterocycles. The Balaban J connectivity index is 0.766. The summed E-state index contributed by atoms with van der Waals surface area (Å²) in [5, 5.41) is 18.0. The molecular formula is C76H47NOSi. The van der Waals surface area contributed by atoms with Crippen molar-refractivity contribution in [3.8, 4) is 72.4 Å². The standard InChI is InChI=1S/C76H47NOSi/c1-3-13-57-54(11-1)42-66(61-17-7-5-15-59(57)61)48-25-21-46(22-26-48)50-30-36-71-68(39-50)69-40-51(47-23-27-49(28-24-47)67-43-55-12-2-4-14-58(55)60-16-6-8-18-62(60)67)31-37-72(69)77(71)56-33-35-65-64-34-29-53(44-75(64)79-76(65)45-56)52-32-38-74-70(41-52)63-19-9-10-20-73(63)78-74/h1-45H,79H2. The Hall–Kier alpha value is -10.1. The van der Waals surface area contributed by atoms with Crippen molar-refractivity contribution >= 4 is 107 Å². The monoisotopic (exact) mass is 1020 g/mol. The molecule has 14 aromatic carbocycles. The van der Waals surface area contributed by atoms with Crippen molar-refractivity contribution in [2.24, 2.45) is 0 Å². The predicted molar refractivity (Wildman–Crippen MR) is 339 cm³/mol. The molecule has 1 aliphatic heterocycles. The molecule has 0 saturated heterocycles. The van der Waals surface area contributed by atoms with Gasteiger partial charge in [-0.3, -0.25) is 0 Å². The van der Waals surface area contributed by atoms with Crippen molar-refractivity contribution in [3.05, 3.63) is 273 Å². The molecule has 1 aliphatic rings. The molecule has 2 nitrogen and oxygen atoms in total. The molecule has 0 fully saturated rings. The molecule has 0 radical (unpaired) electrons. The topological polar surface area (TPSA) is 18.1 Å². The normalized spacial score (nSPS) is 12.6. The Morgan fingerprint density at radius 1 is 0.241 bits per heavy atom. The van der Waals surface area contributed by atoms with Crippen LogP contribution in [-0.4, -0.2) is 14.1 Å². The summed E-state index contributed by atoms with van der Waals surface area (Å²) in [6.07, 6.45) is 0. The van der Waals surface area contributed by atoms with Crippen molar-refractivity contribution in [3.63, 3.8) is 0 Å². The highest BCUT2D eigenvalue weighted by Gasteiger charge is 2.23. The second-order valence-corrected chi connectivity index (χ2v) is 23.4. The van der Waals surface area contributed by atoms with Crippen LogP contribution in [-0.2, 0) is 0 Å². The summed E-state index contributed by atoms with van der Waals surface area (Å²) in [4.78, 5) is 0. The van der Waals surface area contributed by atoms with Gasteiger partial charge in [0.1, 0.15) is 11.2 Å². The van der Waals surface area contributed by atoms with Crippen molar-refractivity contribution in [2.75, 3.05) is 0 Å². The van der Waals surface area contributed by atoms with E-state index in [9.17, 15) is 0 Å². The number of hydrogen-bond donors (Lipinski definition) is 0. The first-order valence-electron chi connectivity index (χ1n) is 27.4. The number of hydrogen-bond acceptors (Lipinski definition) is 1. The van der Waals surface area contributed by atoms with Gasteiger partial charge in [-0.2, -0.15) is 0 Å². The van der Waals surface area contributed by atoms with Crippen LogP contribution in [0.25, 0.3) is 159 Å². The van der Waals surface area contributed by atoms with Crippen LogP contribution in [0.4, 0.5) is 0 Å². The fourth-order valence-corrected chi connectivity index (χ4v) is 15.4. The molecule has 3 heteroatoms. The van der Waals surface area contributed by atoms with Crippen LogP contribution in [0.3, 0.4) is 0 Å². The van der Waals surface area contributed by atoms with Gasteiger partial charge >= 0.3 is 0 Å². The fraction of sp³-hybridized carbons (Fsp3) is 0. The highest BCUT2D eigenvalue weighted by Crippen LogP contribution is 2.42. The number of furan rings is 1. The maximum Gasteiger partial charge on any atom is 0.135 e. The van der Waals surface area contributed by atoms with Crippen molar-refractivity contribution < 1.29 is 4.42 Å². The number of para-hydroxylation sites is 1. The molecule has 0 atom stereocenters.